The summed E-state index contributed by atoms with van der Waals surface area (Å²) >= 11 is 8.39. The Labute approximate surface area is 188 Å². The first-order valence-electron chi connectivity index (χ1n) is 8.92. The zero-order chi connectivity index (χ0) is 20.8. The Morgan fingerprint density at radius 2 is 2.21 bits per heavy atom. The number of nitrogens with zero attached hydrogens (tertiary/aromatic N) is 6. The summed E-state index contributed by atoms with van der Waals surface area (Å²) in [6, 6.07) is 7.78. The summed E-state index contributed by atoms with van der Waals surface area (Å²) in [6.07, 6.45) is 3.29. The van der Waals surface area contributed by atoms with Crippen molar-refractivity contribution in [3.8, 4) is 0 Å². The van der Waals surface area contributed by atoms with Gasteiger partial charge in [0.15, 0.2) is 0 Å². The monoisotopic (exact) mass is 546 g/mol. The van der Waals surface area contributed by atoms with E-state index in [2.05, 4.69) is 42.4 Å². The first kappa shape index (κ1) is 22.1. The maximum atomic E-state index is 11.0. The molecular weight excluding hydrogens is 526 g/mol. The zero-order valence-corrected chi connectivity index (χ0v) is 19.7. The lowest BCUT2D eigenvalue weighted by molar-refractivity contribution is -0.113. The van der Waals surface area contributed by atoms with Crippen LogP contribution in [0.25, 0.3) is 0 Å². The maximum Gasteiger partial charge on any atom is 0.233 e. The highest BCUT2D eigenvalue weighted by Crippen LogP contribution is 2.27. The number of hydrazone groups is 1. The number of halogens is 2. The number of hydrogen-bond donors (Lipinski definition) is 1. The maximum absolute atomic E-state index is 11.0. The van der Waals surface area contributed by atoms with Crippen molar-refractivity contribution in [1.82, 2.24) is 24.7 Å². The molecule has 1 aliphatic heterocycles. The topological polar surface area (TPSA) is 86.9 Å². The lowest BCUT2D eigenvalue weighted by Crippen LogP contribution is -2.32. The number of carbonyl (C=O) groups excluding carboxylic acids is 1. The smallest absolute Gasteiger partial charge is 0.233 e. The molecule has 1 aliphatic rings. The van der Waals surface area contributed by atoms with Gasteiger partial charge in [0.05, 0.1) is 43.7 Å². The van der Waals surface area contributed by atoms with E-state index in [4.69, 9.17) is 11.6 Å². The Morgan fingerprint density at radius 3 is 2.86 bits per heavy atom. The van der Waals surface area contributed by atoms with Crippen LogP contribution in [0.5, 0.6) is 0 Å². The molecule has 2 heterocycles. The molecule has 1 aromatic heterocycles. The number of allylic oxidation sites excluding steroid dienone is 2. The van der Waals surface area contributed by atoms with Crippen LogP contribution < -0.4 is 0 Å². The summed E-state index contributed by atoms with van der Waals surface area (Å²) < 4.78 is 3.22. The molecule has 29 heavy (non-hydrogen) atoms. The minimum Gasteiger partial charge on any atom is -0.392 e. The van der Waals surface area contributed by atoms with E-state index in [-0.39, 0.29) is 13.0 Å². The van der Waals surface area contributed by atoms with E-state index in [0.29, 0.717) is 24.5 Å². The van der Waals surface area contributed by atoms with Gasteiger partial charge >= 0.3 is 0 Å². The Bertz CT molecular complexity index is 931. The second kappa shape index (κ2) is 10.5. The standard InChI is InChI=1S/C18H21ClIN6O2P/c1-13(19)18(8-21-26(12-28)29-20)24-7-6-17-16(10-24)22-23-25(17)9-14-4-2-3-5-15(14)11-27/h2-5,8,12,27,29H,6-7,9-11H2,1H3/b18-13-,21-8-. The van der Waals surface area contributed by atoms with E-state index in [0.717, 1.165) is 41.2 Å². The molecule has 0 fully saturated rings. The van der Waals surface area contributed by atoms with Gasteiger partial charge in [-0.1, -0.05) is 41.1 Å². The minimum absolute atomic E-state index is 0.00106. The molecular formula is C18H21ClIN6O2P. The fourth-order valence-electron chi connectivity index (χ4n) is 3.20. The normalized spacial score (nSPS) is 15.1. The van der Waals surface area contributed by atoms with Gasteiger partial charge in [-0.15, -0.1) is 5.10 Å². The first-order valence-corrected chi connectivity index (χ1v) is 13.4. The van der Waals surface area contributed by atoms with Crippen LogP contribution in [0.2, 0.25) is 0 Å². The molecule has 1 aromatic carbocycles. The molecule has 1 atom stereocenters. The Morgan fingerprint density at radius 1 is 1.45 bits per heavy atom. The predicted molar refractivity (Wildman–Crippen MR) is 123 cm³/mol. The number of aliphatic hydroxyl groups excluding tert-OH is 1. The number of aliphatic hydroxyl groups is 1. The molecule has 0 aliphatic carbocycles. The average Bonchev–Trinajstić information content (AvgIpc) is 3.13. The van der Waals surface area contributed by atoms with Crippen LogP contribution in [0.3, 0.4) is 0 Å². The number of benzene rings is 1. The Hall–Kier alpha value is -1.55. The van der Waals surface area contributed by atoms with E-state index in [1.165, 1.54) is 4.78 Å². The minimum atomic E-state index is -0.00106. The van der Waals surface area contributed by atoms with Crippen molar-refractivity contribution in [2.75, 3.05) is 6.54 Å². The van der Waals surface area contributed by atoms with Gasteiger partial charge in [0.1, 0.15) is 5.69 Å². The van der Waals surface area contributed by atoms with Crippen LogP contribution in [0, 0.1) is 0 Å². The van der Waals surface area contributed by atoms with Crippen molar-refractivity contribution < 1.29 is 9.90 Å². The summed E-state index contributed by atoms with van der Waals surface area (Å²) in [4.78, 5) is 13.1. The van der Waals surface area contributed by atoms with Gasteiger partial charge in [0.25, 0.3) is 0 Å². The van der Waals surface area contributed by atoms with Crippen LogP contribution in [-0.4, -0.2) is 48.9 Å². The third-order valence-corrected chi connectivity index (χ3v) is 6.74. The molecule has 0 radical (unpaired) electrons. The largest absolute Gasteiger partial charge is 0.392 e. The summed E-state index contributed by atoms with van der Waals surface area (Å²) in [6.45, 7) is 3.68. The van der Waals surface area contributed by atoms with Crippen molar-refractivity contribution in [2.24, 2.45) is 5.10 Å². The first-order chi connectivity index (χ1) is 14.1. The van der Waals surface area contributed by atoms with E-state index < -0.39 is 0 Å². The SMILES string of the molecule is C/C(Cl)=C(\C=N/N(C=O)PI)N1CCc2c(nnn2Cc2ccccc2CO)C1. The number of amides is 1. The van der Waals surface area contributed by atoms with Crippen molar-refractivity contribution in [3.63, 3.8) is 0 Å². The third-order valence-electron chi connectivity index (χ3n) is 4.67. The molecule has 1 unspecified atom stereocenters. The molecule has 8 nitrogen and oxygen atoms in total. The quantitative estimate of drug-likeness (QED) is 0.181. The number of rotatable bonds is 8. The predicted octanol–water partition coefficient (Wildman–Crippen LogP) is 3.03. The van der Waals surface area contributed by atoms with Crippen LogP contribution in [0.4, 0.5) is 0 Å². The summed E-state index contributed by atoms with van der Waals surface area (Å²) in [5.74, 6) is 0. The summed E-state index contributed by atoms with van der Waals surface area (Å²) in [5, 5.41) is 23.0. The lowest BCUT2D eigenvalue weighted by atomic mass is 10.1. The Balaban J connectivity index is 1.78. The number of carbonyl (C=O) groups is 1. The van der Waals surface area contributed by atoms with Crippen molar-refractivity contribution >= 4 is 52.6 Å². The molecule has 1 N–H and O–H groups in total. The van der Waals surface area contributed by atoms with Gasteiger partial charge in [-0.3, -0.25) is 4.79 Å². The highest BCUT2D eigenvalue weighted by Gasteiger charge is 2.24. The van der Waals surface area contributed by atoms with Gasteiger partial charge in [0, 0.05) is 18.0 Å². The molecule has 0 saturated heterocycles. The number of aromatic nitrogens is 3. The van der Waals surface area contributed by atoms with E-state index in [9.17, 15) is 9.90 Å². The van der Waals surface area contributed by atoms with Gasteiger partial charge in [-0.25, -0.2) is 9.46 Å². The van der Waals surface area contributed by atoms with Crippen molar-refractivity contribution in [1.29, 1.82) is 0 Å². The second-order valence-electron chi connectivity index (χ2n) is 6.44. The van der Waals surface area contributed by atoms with Crippen LogP contribution in [0.1, 0.15) is 29.4 Å². The van der Waals surface area contributed by atoms with E-state index >= 15 is 0 Å². The zero-order valence-electron chi connectivity index (χ0n) is 15.8. The van der Waals surface area contributed by atoms with Crippen LogP contribution >= 0.6 is 40.0 Å². The van der Waals surface area contributed by atoms with Crippen LogP contribution in [-0.2, 0) is 30.9 Å². The van der Waals surface area contributed by atoms with Crippen molar-refractivity contribution in [3.05, 3.63) is 57.5 Å². The highest BCUT2D eigenvalue weighted by atomic mass is 127. The van der Waals surface area contributed by atoms with E-state index in [1.807, 2.05) is 28.9 Å². The third kappa shape index (κ3) is 5.33. The molecule has 0 spiro atoms. The lowest BCUT2D eigenvalue weighted by Gasteiger charge is -2.29. The van der Waals surface area contributed by atoms with Crippen LogP contribution in [0.15, 0.2) is 40.1 Å². The fraction of sp³-hybridized carbons (Fsp3) is 0.333. The fourth-order valence-corrected chi connectivity index (χ4v) is 4.22. The van der Waals surface area contributed by atoms with Gasteiger partial charge in [-0.2, -0.15) is 5.10 Å². The molecule has 154 valence electrons. The molecule has 3 rings (SSSR count). The second-order valence-corrected chi connectivity index (χ2v) is 9.08. The number of fused-ring (bicyclic) bond motifs is 1. The molecule has 0 saturated carbocycles. The van der Waals surface area contributed by atoms with Crippen molar-refractivity contribution in [2.45, 2.75) is 33.0 Å². The molecule has 0 bridgehead atoms. The van der Waals surface area contributed by atoms with Gasteiger partial charge < -0.3 is 10.0 Å². The Kier molecular flexibility index (Phi) is 7.99. The van der Waals surface area contributed by atoms with E-state index in [1.54, 1.807) is 13.1 Å². The summed E-state index contributed by atoms with van der Waals surface area (Å²) in [5.41, 5.74) is 4.66. The molecule has 2 aromatic rings. The molecule has 11 heteroatoms. The van der Waals surface area contributed by atoms with Gasteiger partial charge in [0.2, 0.25) is 6.41 Å². The molecule has 1 amide bonds. The highest BCUT2D eigenvalue weighted by molar-refractivity contribution is 14.2. The number of hydrogen-bond acceptors (Lipinski definition) is 6. The average molecular weight is 547 g/mol. The van der Waals surface area contributed by atoms with Gasteiger partial charge in [-0.05, 0) is 40.1 Å². The summed E-state index contributed by atoms with van der Waals surface area (Å²) in [7, 11) is 0.